The summed E-state index contributed by atoms with van der Waals surface area (Å²) >= 11 is 0. The van der Waals surface area contributed by atoms with Crippen LogP contribution in [0.15, 0.2) is 36.9 Å². The van der Waals surface area contributed by atoms with Gasteiger partial charge < -0.3 is 10.1 Å². The van der Waals surface area contributed by atoms with Crippen LogP contribution in [0.4, 0.5) is 5.69 Å². The average Bonchev–Trinajstić information content (AvgIpc) is 2.27. The number of nitrogens with one attached hydrogen (secondary N) is 1. The van der Waals surface area contributed by atoms with E-state index in [1.165, 1.54) is 6.08 Å². The molecule has 0 saturated heterocycles. The molecule has 86 valence electrons. The van der Waals surface area contributed by atoms with E-state index in [0.717, 1.165) is 0 Å². The minimum atomic E-state index is -0.236. The van der Waals surface area contributed by atoms with Crippen molar-refractivity contribution in [2.75, 3.05) is 11.9 Å². The quantitative estimate of drug-likeness (QED) is 0.773. The van der Waals surface area contributed by atoms with E-state index in [0.29, 0.717) is 24.0 Å². The first-order valence-electron chi connectivity index (χ1n) is 5.28. The van der Waals surface area contributed by atoms with Gasteiger partial charge in [-0.25, -0.2) is 0 Å². The Kier molecular flexibility index (Phi) is 4.58. The van der Waals surface area contributed by atoms with Crippen LogP contribution >= 0.6 is 0 Å². The molecule has 0 bridgehead atoms. The van der Waals surface area contributed by atoms with Crippen molar-refractivity contribution in [3.8, 4) is 5.75 Å². The third kappa shape index (κ3) is 3.77. The summed E-state index contributed by atoms with van der Waals surface area (Å²) in [7, 11) is 0. The van der Waals surface area contributed by atoms with E-state index in [9.17, 15) is 4.79 Å². The van der Waals surface area contributed by atoms with Gasteiger partial charge >= 0.3 is 0 Å². The molecule has 3 heteroatoms. The lowest BCUT2D eigenvalue weighted by Crippen LogP contribution is -2.10. The zero-order chi connectivity index (χ0) is 12.0. The largest absolute Gasteiger partial charge is 0.491 e. The molecule has 1 aromatic rings. The summed E-state index contributed by atoms with van der Waals surface area (Å²) < 4.78 is 5.59. The molecule has 0 unspecified atom stereocenters. The summed E-state index contributed by atoms with van der Waals surface area (Å²) in [6.07, 6.45) is 1.24. The Morgan fingerprint density at radius 3 is 2.81 bits per heavy atom. The molecule has 3 nitrogen and oxygen atoms in total. The molecule has 1 rings (SSSR count). The van der Waals surface area contributed by atoms with Crippen molar-refractivity contribution in [3.05, 3.63) is 36.9 Å². The van der Waals surface area contributed by atoms with E-state index >= 15 is 0 Å². The first kappa shape index (κ1) is 12.3. The number of ether oxygens (including phenoxy) is 1. The van der Waals surface area contributed by atoms with Crippen LogP contribution in [-0.2, 0) is 4.79 Å². The monoisotopic (exact) mass is 219 g/mol. The highest BCUT2D eigenvalue weighted by Gasteiger charge is 2.05. The molecule has 0 spiro atoms. The predicted octanol–water partition coefficient (Wildman–Crippen LogP) is 2.85. The standard InChI is InChI=1S/C13H17NO2/c1-4-13(15)14-11-7-5-6-8-12(11)16-9-10(2)3/h4-8,10H,1,9H2,2-3H3,(H,14,15). The van der Waals surface area contributed by atoms with Gasteiger partial charge in [-0.15, -0.1) is 0 Å². The van der Waals surface area contributed by atoms with Crippen LogP contribution in [-0.4, -0.2) is 12.5 Å². The van der Waals surface area contributed by atoms with Gasteiger partial charge in [-0.05, 0) is 24.1 Å². The summed E-state index contributed by atoms with van der Waals surface area (Å²) in [6.45, 7) is 8.18. The van der Waals surface area contributed by atoms with Gasteiger partial charge in [0, 0.05) is 0 Å². The molecular weight excluding hydrogens is 202 g/mol. The van der Waals surface area contributed by atoms with E-state index in [-0.39, 0.29) is 5.91 Å². The highest BCUT2D eigenvalue weighted by atomic mass is 16.5. The molecule has 0 aromatic heterocycles. The van der Waals surface area contributed by atoms with Crippen LogP contribution in [0.3, 0.4) is 0 Å². The number of hydrogen-bond donors (Lipinski definition) is 1. The zero-order valence-corrected chi connectivity index (χ0v) is 9.69. The first-order chi connectivity index (χ1) is 7.63. The highest BCUT2D eigenvalue weighted by molar-refractivity contribution is 5.99. The summed E-state index contributed by atoms with van der Waals surface area (Å²) in [4.78, 5) is 11.2. The van der Waals surface area contributed by atoms with Gasteiger partial charge in [-0.3, -0.25) is 4.79 Å². The third-order valence-corrected chi connectivity index (χ3v) is 1.90. The number of benzene rings is 1. The Morgan fingerprint density at radius 1 is 1.50 bits per heavy atom. The van der Waals surface area contributed by atoms with Gasteiger partial charge in [0.05, 0.1) is 12.3 Å². The van der Waals surface area contributed by atoms with Crippen molar-refractivity contribution < 1.29 is 9.53 Å². The van der Waals surface area contributed by atoms with Crippen LogP contribution in [0.2, 0.25) is 0 Å². The van der Waals surface area contributed by atoms with Gasteiger partial charge in [0.2, 0.25) is 5.91 Å². The van der Waals surface area contributed by atoms with Crippen LogP contribution in [0, 0.1) is 5.92 Å². The normalized spacial score (nSPS) is 9.94. The Balaban J connectivity index is 2.74. The second kappa shape index (κ2) is 5.95. The molecule has 0 aliphatic carbocycles. The fourth-order valence-electron chi connectivity index (χ4n) is 1.14. The Labute approximate surface area is 96.1 Å². The van der Waals surface area contributed by atoms with E-state index in [2.05, 4.69) is 25.7 Å². The number of amides is 1. The number of carbonyl (C=O) groups excluding carboxylic acids is 1. The molecule has 0 atom stereocenters. The lowest BCUT2D eigenvalue weighted by atomic mass is 10.2. The SMILES string of the molecule is C=CC(=O)Nc1ccccc1OCC(C)C. The van der Waals surface area contributed by atoms with Crippen LogP contribution in [0.1, 0.15) is 13.8 Å². The molecule has 0 fully saturated rings. The Morgan fingerprint density at radius 2 is 2.19 bits per heavy atom. The minimum Gasteiger partial charge on any atom is -0.491 e. The van der Waals surface area contributed by atoms with Crippen LogP contribution in [0.25, 0.3) is 0 Å². The molecule has 16 heavy (non-hydrogen) atoms. The number of rotatable bonds is 5. The van der Waals surface area contributed by atoms with Gasteiger partial charge in [0.25, 0.3) is 0 Å². The molecule has 0 aliphatic rings. The van der Waals surface area contributed by atoms with E-state index in [1.54, 1.807) is 6.07 Å². The van der Waals surface area contributed by atoms with E-state index in [4.69, 9.17) is 4.74 Å². The summed E-state index contributed by atoms with van der Waals surface area (Å²) in [5.41, 5.74) is 0.674. The van der Waals surface area contributed by atoms with Crippen LogP contribution < -0.4 is 10.1 Å². The smallest absolute Gasteiger partial charge is 0.247 e. The van der Waals surface area contributed by atoms with Crippen LogP contribution in [0.5, 0.6) is 5.75 Å². The number of anilines is 1. The van der Waals surface area contributed by atoms with E-state index in [1.807, 2.05) is 18.2 Å². The zero-order valence-electron chi connectivity index (χ0n) is 9.69. The molecule has 1 amide bonds. The van der Waals surface area contributed by atoms with Gasteiger partial charge in [-0.2, -0.15) is 0 Å². The van der Waals surface area contributed by atoms with Gasteiger partial charge in [0.15, 0.2) is 0 Å². The first-order valence-corrected chi connectivity index (χ1v) is 5.28. The molecule has 0 aliphatic heterocycles. The molecule has 0 heterocycles. The van der Waals surface area contributed by atoms with Crippen molar-refractivity contribution in [3.63, 3.8) is 0 Å². The van der Waals surface area contributed by atoms with E-state index < -0.39 is 0 Å². The molecular formula is C13H17NO2. The Hall–Kier alpha value is -1.77. The maximum atomic E-state index is 11.2. The second-order valence-electron chi connectivity index (χ2n) is 3.89. The van der Waals surface area contributed by atoms with Crippen molar-refractivity contribution >= 4 is 11.6 Å². The lowest BCUT2D eigenvalue weighted by Gasteiger charge is -2.12. The van der Waals surface area contributed by atoms with Crippen molar-refractivity contribution in [1.82, 2.24) is 0 Å². The molecule has 1 aromatic carbocycles. The number of hydrogen-bond acceptors (Lipinski definition) is 2. The number of para-hydroxylation sites is 2. The predicted molar refractivity (Wildman–Crippen MR) is 65.6 cm³/mol. The molecule has 1 N–H and O–H groups in total. The summed E-state index contributed by atoms with van der Waals surface area (Å²) in [5.74, 6) is 0.898. The average molecular weight is 219 g/mol. The fourth-order valence-corrected chi connectivity index (χ4v) is 1.14. The highest BCUT2D eigenvalue weighted by Crippen LogP contribution is 2.24. The lowest BCUT2D eigenvalue weighted by molar-refractivity contribution is -0.111. The maximum Gasteiger partial charge on any atom is 0.247 e. The molecule has 0 saturated carbocycles. The topological polar surface area (TPSA) is 38.3 Å². The molecule has 0 radical (unpaired) electrons. The summed E-state index contributed by atoms with van der Waals surface area (Å²) in [5, 5.41) is 2.70. The van der Waals surface area contributed by atoms with Crippen molar-refractivity contribution in [2.24, 2.45) is 5.92 Å². The second-order valence-corrected chi connectivity index (χ2v) is 3.89. The van der Waals surface area contributed by atoms with Crippen molar-refractivity contribution in [2.45, 2.75) is 13.8 Å². The third-order valence-electron chi connectivity index (χ3n) is 1.90. The van der Waals surface area contributed by atoms with Gasteiger partial charge in [-0.1, -0.05) is 32.6 Å². The Bertz CT molecular complexity index is 372. The minimum absolute atomic E-state index is 0.236. The van der Waals surface area contributed by atoms with Gasteiger partial charge in [0.1, 0.15) is 5.75 Å². The fraction of sp³-hybridized carbons (Fsp3) is 0.308. The number of carbonyl (C=O) groups is 1. The maximum absolute atomic E-state index is 11.2. The summed E-state index contributed by atoms with van der Waals surface area (Å²) in [6, 6.07) is 7.36. The van der Waals surface area contributed by atoms with Crippen molar-refractivity contribution in [1.29, 1.82) is 0 Å².